The molecule has 1 atom stereocenters. The smallest absolute Gasteiger partial charge is 0.242 e. The van der Waals surface area contributed by atoms with Gasteiger partial charge in [0, 0.05) is 5.56 Å². The molecule has 2 rings (SSSR count). The lowest BCUT2D eigenvalue weighted by molar-refractivity contribution is -0.116. The van der Waals surface area contributed by atoms with Gasteiger partial charge in [0.2, 0.25) is 5.91 Å². The molecule has 4 heteroatoms. The molecule has 0 N–H and O–H groups in total. The summed E-state index contributed by atoms with van der Waals surface area (Å²) in [6.07, 6.45) is 1.71. The van der Waals surface area contributed by atoms with E-state index in [4.69, 9.17) is 16.3 Å². The Morgan fingerprint density at radius 2 is 1.68 bits per heavy atom. The summed E-state index contributed by atoms with van der Waals surface area (Å²) in [6.45, 7) is 6.24. The van der Waals surface area contributed by atoms with Crippen LogP contribution in [0.2, 0.25) is 0 Å². The summed E-state index contributed by atoms with van der Waals surface area (Å²) in [5.74, 6) is 0.616. The largest absolute Gasteiger partial charge is 0.496 e. The van der Waals surface area contributed by atoms with Gasteiger partial charge < -0.3 is 9.64 Å². The fourth-order valence-electron chi connectivity index (χ4n) is 3.27. The van der Waals surface area contributed by atoms with Gasteiger partial charge in [0.25, 0.3) is 0 Å². The number of methoxy groups -OCH3 is 1. The SMILES string of the molecule is CCc1cccc(CC)c1N(C(=O)CCl)C(C)c1ccccc1OC. The van der Waals surface area contributed by atoms with Crippen molar-refractivity contribution in [2.24, 2.45) is 0 Å². The molecular formula is C21H26ClNO2. The summed E-state index contributed by atoms with van der Waals surface area (Å²) < 4.78 is 5.51. The van der Waals surface area contributed by atoms with E-state index >= 15 is 0 Å². The number of carbonyl (C=O) groups excluding carboxylic acids is 1. The molecule has 0 spiro atoms. The molecule has 25 heavy (non-hydrogen) atoms. The summed E-state index contributed by atoms with van der Waals surface area (Å²) >= 11 is 5.97. The van der Waals surface area contributed by atoms with Crippen LogP contribution in [-0.4, -0.2) is 18.9 Å². The van der Waals surface area contributed by atoms with Gasteiger partial charge in [-0.3, -0.25) is 4.79 Å². The molecule has 0 heterocycles. The van der Waals surface area contributed by atoms with E-state index in [0.717, 1.165) is 41.0 Å². The third-order valence-corrected chi connectivity index (χ3v) is 4.79. The van der Waals surface area contributed by atoms with E-state index in [1.54, 1.807) is 7.11 Å². The first kappa shape index (κ1) is 19.3. The van der Waals surface area contributed by atoms with Crippen molar-refractivity contribution in [3.8, 4) is 5.75 Å². The summed E-state index contributed by atoms with van der Waals surface area (Å²) in [5.41, 5.74) is 4.26. The highest BCUT2D eigenvalue weighted by atomic mass is 35.5. The molecule has 134 valence electrons. The van der Waals surface area contributed by atoms with E-state index in [0.29, 0.717) is 0 Å². The van der Waals surface area contributed by atoms with Crippen molar-refractivity contribution in [3.63, 3.8) is 0 Å². The highest BCUT2D eigenvalue weighted by Crippen LogP contribution is 2.37. The zero-order valence-corrected chi connectivity index (χ0v) is 16.1. The average Bonchev–Trinajstić information content (AvgIpc) is 2.67. The van der Waals surface area contributed by atoms with Crippen LogP contribution >= 0.6 is 11.6 Å². The van der Waals surface area contributed by atoms with Crippen molar-refractivity contribution >= 4 is 23.2 Å². The Morgan fingerprint density at radius 3 is 2.20 bits per heavy atom. The lowest BCUT2D eigenvalue weighted by Gasteiger charge is -2.33. The topological polar surface area (TPSA) is 29.5 Å². The van der Waals surface area contributed by atoms with Gasteiger partial charge in [-0.05, 0) is 37.0 Å². The van der Waals surface area contributed by atoms with Crippen LogP contribution in [0.15, 0.2) is 42.5 Å². The molecule has 2 aromatic rings. The summed E-state index contributed by atoms with van der Waals surface area (Å²) in [4.78, 5) is 14.7. The van der Waals surface area contributed by atoms with Gasteiger partial charge in [-0.15, -0.1) is 11.6 Å². The molecule has 0 saturated carbocycles. The number of nitrogens with zero attached hydrogens (tertiary/aromatic N) is 1. The molecule has 0 radical (unpaired) electrons. The molecule has 1 amide bonds. The Labute approximate surface area is 155 Å². The Bertz CT molecular complexity index is 707. The second-order valence-corrected chi connectivity index (χ2v) is 6.21. The standard InChI is InChI=1S/C21H26ClNO2/c1-5-16-10-9-11-17(6-2)21(16)23(20(24)14-22)15(3)18-12-7-8-13-19(18)25-4/h7-13,15H,5-6,14H2,1-4H3. The van der Waals surface area contributed by atoms with E-state index < -0.39 is 0 Å². The van der Waals surface area contributed by atoms with Crippen molar-refractivity contribution in [1.82, 2.24) is 0 Å². The molecular weight excluding hydrogens is 334 g/mol. The molecule has 2 aromatic carbocycles. The number of amides is 1. The molecule has 0 fully saturated rings. The first-order valence-electron chi connectivity index (χ1n) is 8.70. The maximum absolute atomic E-state index is 12.8. The second kappa shape index (κ2) is 8.91. The van der Waals surface area contributed by atoms with Gasteiger partial charge >= 0.3 is 0 Å². The quantitative estimate of drug-likeness (QED) is 0.639. The predicted octanol–water partition coefficient (Wildman–Crippen LogP) is 5.15. The molecule has 0 saturated heterocycles. The molecule has 0 aliphatic heterocycles. The van der Waals surface area contributed by atoms with Crippen LogP contribution in [0, 0.1) is 0 Å². The highest BCUT2D eigenvalue weighted by molar-refractivity contribution is 6.29. The van der Waals surface area contributed by atoms with Gasteiger partial charge in [-0.2, -0.15) is 0 Å². The summed E-state index contributed by atoms with van der Waals surface area (Å²) in [5, 5.41) is 0. The number of benzene rings is 2. The first-order chi connectivity index (χ1) is 12.1. The normalized spacial score (nSPS) is 11.9. The number of para-hydroxylation sites is 2. The van der Waals surface area contributed by atoms with Crippen molar-refractivity contribution in [2.45, 2.75) is 39.7 Å². The van der Waals surface area contributed by atoms with E-state index in [1.165, 1.54) is 0 Å². The first-order valence-corrected chi connectivity index (χ1v) is 9.24. The molecule has 0 aliphatic carbocycles. The molecule has 1 unspecified atom stereocenters. The molecule has 3 nitrogen and oxygen atoms in total. The Kier molecular flexibility index (Phi) is 6.89. The number of carbonyl (C=O) groups is 1. The van der Waals surface area contributed by atoms with E-state index in [1.807, 2.05) is 36.1 Å². The van der Waals surface area contributed by atoms with E-state index in [-0.39, 0.29) is 17.8 Å². The van der Waals surface area contributed by atoms with Crippen molar-refractivity contribution in [1.29, 1.82) is 0 Å². The van der Waals surface area contributed by atoms with Gasteiger partial charge in [0.05, 0.1) is 18.8 Å². The zero-order chi connectivity index (χ0) is 18.4. The maximum atomic E-state index is 12.8. The van der Waals surface area contributed by atoms with Gasteiger partial charge in [0.15, 0.2) is 0 Å². The third kappa shape index (κ3) is 3.98. The number of hydrogen-bond donors (Lipinski definition) is 0. The molecule has 0 bridgehead atoms. The Hall–Kier alpha value is -2.00. The fourth-order valence-corrected chi connectivity index (χ4v) is 3.40. The Morgan fingerprint density at radius 1 is 1.08 bits per heavy atom. The predicted molar refractivity (Wildman–Crippen MR) is 105 cm³/mol. The second-order valence-electron chi connectivity index (χ2n) is 5.95. The fraction of sp³-hybridized carbons (Fsp3) is 0.381. The van der Waals surface area contributed by atoms with E-state index in [2.05, 4.69) is 32.0 Å². The third-order valence-electron chi connectivity index (χ3n) is 4.57. The minimum Gasteiger partial charge on any atom is -0.496 e. The number of aryl methyl sites for hydroxylation is 2. The number of ether oxygens (including phenoxy) is 1. The number of halogens is 1. The summed E-state index contributed by atoms with van der Waals surface area (Å²) in [7, 11) is 1.65. The van der Waals surface area contributed by atoms with Gasteiger partial charge in [-0.25, -0.2) is 0 Å². The monoisotopic (exact) mass is 359 g/mol. The van der Waals surface area contributed by atoms with E-state index in [9.17, 15) is 4.79 Å². The lowest BCUT2D eigenvalue weighted by atomic mass is 9.98. The van der Waals surface area contributed by atoms with Crippen LogP contribution in [0.5, 0.6) is 5.75 Å². The van der Waals surface area contributed by atoms with Crippen molar-refractivity contribution in [3.05, 3.63) is 59.2 Å². The zero-order valence-electron chi connectivity index (χ0n) is 15.4. The number of hydrogen-bond acceptors (Lipinski definition) is 2. The van der Waals surface area contributed by atoms with Crippen LogP contribution in [0.4, 0.5) is 5.69 Å². The highest BCUT2D eigenvalue weighted by Gasteiger charge is 2.28. The van der Waals surface area contributed by atoms with Crippen molar-refractivity contribution < 1.29 is 9.53 Å². The average molecular weight is 360 g/mol. The molecule has 0 aliphatic rings. The van der Waals surface area contributed by atoms with Crippen LogP contribution < -0.4 is 9.64 Å². The van der Waals surface area contributed by atoms with Crippen LogP contribution in [0.25, 0.3) is 0 Å². The minimum atomic E-state index is -0.180. The van der Waals surface area contributed by atoms with Crippen molar-refractivity contribution in [2.75, 3.05) is 17.9 Å². The van der Waals surface area contributed by atoms with Crippen LogP contribution in [0.1, 0.15) is 43.5 Å². The lowest BCUT2D eigenvalue weighted by Crippen LogP contribution is -2.36. The molecule has 0 aromatic heterocycles. The maximum Gasteiger partial charge on any atom is 0.242 e. The number of anilines is 1. The van der Waals surface area contributed by atoms with Gasteiger partial charge in [-0.1, -0.05) is 50.2 Å². The van der Waals surface area contributed by atoms with Crippen LogP contribution in [0.3, 0.4) is 0 Å². The van der Waals surface area contributed by atoms with Crippen LogP contribution in [-0.2, 0) is 17.6 Å². The minimum absolute atomic E-state index is 0.0549. The van der Waals surface area contributed by atoms with Gasteiger partial charge in [0.1, 0.15) is 11.6 Å². The number of rotatable bonds is 7. The number of alkyl halides is 1. The Balaban J connectivity index is 2.64. The summed E-state index contributed by atoms with van der Waals surface area (Å²) in [6, 6.07) is 13.8.